The number of hydrogen-bond donors (Lipinski definition) is 1. The van der Waals surface area contributed by atoms with Gasteiger partial charge in [-0.15, -0.1) is 0 Å². The molecule has 0 fully saturated rings. The van der Waals surface area contributed by atoms with Crippen molar-refractivity contribution in [2.45, 2.75) is 13.8 Å². The molecule has 2 aromatic heterocycles. The molecule has 6 heteroatoms. The van der Waals surface area contributed by atoms with Crippen LogP contribution in [0.5, 0.6) is 11.6 Å². The fourth-order valence-electron chi connectivity index (χ4n) is 1.28. The highest BCUT2D eigenvalue weighted by Crippen LogP contribution is 2.28. The Morgan fingerprint density at radius 1 is 1.24 bits per heavy atom. The summed E-state index contributed by atoms with van der Waals surface area (Å²) in [4.78, 5) is 12.0. The average Bonchev–Trinajstić information content (AvgIpc) is 2.28. The topological polar surface area (TPSA) is 73.9 Å². The first-order valence-corrected chi connectivity index (χ1v) is 5.35. The van der Waals surface area contributed by atoms with E-state index in [1.807, 2.05) is 6.92 Å². The van der Waals surface area contributed by atoms with Crippen molar-refractivity contribution in [3.63, 3.8) is 0 Å². The molecule has 0 aliphatic rings. The van der Waals surface area contributed by atoms with E-state index in [9.17, 15) is 0 Å². The summed E-state index contributed by atoms with van der Waals surface area (Å²) in [5, 5.41) is 0.105. The van der Waals surface area contributed by atoms with Crippen LogP contribution >= 0.6 is 11.6 Å². The van der Waals surface area contributed by atoms with Crippen molar-refractivity contribution in [3.8, 4) is 11.6 Å². The van der Waals surface area contributed by atoms with Crippen LogP contribution in [0.1, 0.15) is 11.4 Å². The van der Waals surface area contributed by atoms with Gasteiger partial charge in [0.1, 0.15) is 5.69 Å². The average molecular weight is 251 g/mol. The molecule has 0 amide bonds. The third kappa shape index (κ3) is 2.45. The van der Waals surface area contributed by atoms with E-state index in [0.717, 1.165) is 5.69 Å². The predicted octanol–water partition coefficient (Wildman–Crippen LogP) is 2.52. The van der Waals surface area contributed by atoms with Gasteiger partial charge in [-0.3, -0.25) is 4.98 Å². The predicted molar refractivity (Wildman–Crippen MR) is 65.2 cm³/mol. The number of nitrogens with zero attached hydrogens (tertiary/aromatic N) is 3. The lowest BCUT2D eigenvalue weighted by atomic mass is 10.3. The highest BCUT2D eigenvalue weighted by Gasteiger charge is 2.11. The van der Waals surface area contributed by atoms with Crippen LogP contribution in [-0.4, -0.2) is 15.0 Å². The number of ether oxygens (including phenoxy) is 1. The number of halogens is 1. The molecule has 2 aromatic rings. The molecule has 0 aromatic carbocycles. The van der Waals surface area contributed by atoms with E-state index in [2.05, 4.69) is 15.0 Å². The van der Waals surface area contributed by atoms with Gasteiger partial charge in [0.15, 0.2) is 5.75 Å². The first-order valence-electron chi connectivity index (χ1n) is 4.97. The largest absolute Gasteiger partial charge is 0.435 e. The van der Waals surface area contributed by atoms with Gasteiger partial charge in [0.05, 0.1) is 11.4 Å². The Morgan fingerprint density at radius 2 is 2.00 bits per heavy atom. The molecule has 0 saturated carbocycles. The van der Waals surface area contributed by atoms with Gasteiger partial charge in [-0.25, -0.2) is 4.98 Å². The highest BCUT2D eigenvalue weighted by molar-refractivity contribution is 6.28. The third-order valence-electron chi connectivity index (χ3n) is 2.24. The molecule has 0 bridgehead atoms. The molecule has 5 nitrogen and oxygen atoms in total. The lowest BCUT2D eigenvalue weighted by Gasteiger charge is -2.10. The SMILES string of the molecule is Cc1ncccc1Oc1nc(Cl)nc(C)c1N. The van der Waals surface area contributed by atoms with E-state index < -0.39 is 0 Å². The molecule has 0 saturated heterocycles. The quantitative estimate of drug-likeness (QED) is 0.829. The van der Waals surface area contributed by atoms with Crippen LogP contribution in [0.25, 0.3) is 0 Å². The number of nitrogen functional groups attached to an aromatic ring is 1. The summed E-state index contributed by atoms with van der Waals surface area (Å²) in [6, 6.07) is 3.56. The van der Waals surface area contributed by atoms with E-state index in [1.54, 1.807) is 25.3 Å². The maximum atomic E-state index is 5.82. The fourth-order valence-corrected chi connectivity index (χ4v) is 1.49. The maximum Gasteiger partial charge on any atom is 0.247 e. The highest BCUT2D eigenvalue weighted by atomic mass is 35.5. The van der Waals surface area contributed by atoms with Crippen LogP contribution in [-0.2, 0) is 0 Å². The number of hydrogen-bond acceptors (Lipinski definition) is 5. The van der Waals surface area contributed by atoms with Crippen LogP contribution in [0.15, 0.2) is 18.3 Å². The Bertz CT molecular complexity index is 559. The van der Waals surface area contributed by atoms with Crippen LogP contribution in [0.4, 0.5) is 5.69 Å². The maximum absolute atomic E-state index is 5.82. The van der Waals surface area contributed by atoms with E-state index in [-0.39, 0.29) is 11.2 Å². The van der Waals surface area contributed by atoms with Crippen LogP contribution in [0, 0.1) is 13.8 Å². The molecule has 2 N–H and O–H groups in total. The number of pyridine rings is 1. The summed E-state index contributed by atoms with van der Waals surface area (Å²) >= 11 is 5.75. The van der Waals surface area contributed by atoms with Crippen molar-refractivity contribution < 1.29 is 4.74 Å². The van der Waals surface area contributed by atoms with Gasteiger partial charge in [0, 0.05) is 6.20 Å². The molecule has 17 heavy (non-hydrogen) atoms. The second kappa shape index (κ2) is 4.55. The van der Waals surface area contributed by atoms with Crippen molar-refractivity contribution in [1.29, 1.82) is 0 Å². The molecule has 0 aliphatic heterocycles. The minimum absolute atomic E-state index is 0.105. The summed E-state index contributed by atoms with van der Waals surface area (Å²) in [5.74, 6) is 0.840. The third-order valence-corrected chi connectivity index (χ3v) is 2.41. The van der Waals surface area contributed by atoms with Crippen molar-refractivity contribution >= 4 is 17.3 Å². The molecule has 0 unspecified atom stereocenters. The Hall–Kier alpha value is -1.88. The lowest BCUT2D eigenvalue weighted by molar-refractivity contribution is 0.457. The van der Waals surface area contributed by atoms with Gasteiger partial charge in [-0.1, -0.05) is 0 Å². The first kappa shape index (κ1) is 11.6. The van der Waals surface area contributed by atoms with Crippen molar-refractivity contribution in [1.82, 2.24) is 15.0 Å². The zero-order valence-corrected chi connectivity index (χ0v) is 10.2. The molecule has 2 heterocycles. The summed E-state index contributed by atoms with van der Waals surface area (Å²) in [6.45, 7) is 3.58. The molecule has 0 atom stereocenters. The second-order valence-electron chi connectivity index (χ2n) is 3.49. The standard InChI is InChI=1S/C11H11ClN4O/c1-6-8(4-3-5-14-6)17-10-9(13)7(2)15-11(12)16-10/h3-5H,13H2,1-2H3. The minimum Gasteiger partial charge on any atom is -0.435 e. The Balaban J connectivity index is 2.40. The Kier molecular flexibility index (Phi) is 3.10. The molecule has 0 spiro atoms. The Labute approximate surface area is 104 Å². The number of aryl methyl sites for hydroxylation is 2. The number of aromatic nitrogens is 3. The van der Waals surface area contributed by atoms with Gasteiger partial charge >= 0.3 is 0 Å². The van der Waals surface area contributed by atoms with E-state index in [0.29, 0.717) is 17.1 Å². The zero-order chi connectivity index (χ0) is 12.4. The van der Waals surface area contributed by atoms with Crippen LogP contribution < -0.4 is 10.5 Å². The smallest absolute Gasteiger partial charge is 0.247 e. The second-order valence-corrected chi connectivity index (χ2v) is 3.82. The lowest BCUT2D eigenvalue weighted by Crippen LogP contribution is -2.01. The van der Waals surface area contributed by atoms with E-state index in [1.165, 1.54) is 0 Å². The van der Waals surface area contributed by atoms with Crippen molar-refractivity contribution in [3.05, 3.63) is 35.0 Å². The van der Waals surface area contributed by atoms with Gasteiger partial charge in [0.25, 0.3) is 0 Å². The molecular formula is C11H11ClN4O. The Morgan fingerprint density at radius 3 is 2.71 bits per heavy atom. The molecule has 2 rings (SSSR count). The zero-order valence-electron chi connectivity index (χ0n) is 9.44. The van der Waals surface area contributed by atoms with Gasteiger partial charge < -0.3 is 10.5 Å². The first-order chi connectivity index (χ1) is 8.08. The van der Waals surface area contributed by atoms with E-state index in [4.69, 9.17) is 22.1 Å². The monoisotopic (exact) mass is 250 g/mol. The number of anilines is 1. The molecule has 88 valence electrons. The fraction of sp³-hybridized carbons (Fsp3) is 0.182. The van der Waals surface area contributed by atoms with Gasteiger partial charge in [0.2, 0.25) is 11.2 Å². The van der Waals surface area contributed by atoms with Crippen LogP contribution in [0.2, 0.25) is 5.28 Å². The van der Waals surface area contributed by atoms with Crippen molar-refractivity contribution in [2.24, 2.45) is 0 Å². The summed E-state index contributed by atoms with van der Waals surface area (Å²) in [6.07, 6.45) is 1.68. The minimum atomic E-state index is 0.105. The molecule has 0 radical (unpaired) electrons. The number of nitrogens with two attached hydrogens (primary N) is 1. The van der Waals surface area contributed by atoms with Gasteiger partial charge in [-0.2, -0.15) is 4.98 Å². The summed E-state index contributed by atoms with van der Waals surface area (Å²) < 4.78 is 5.58. The normalized spacial score (nSPS) is 10.3. The van der Waals surface area contributed by atoms with Crippen LogP contribution in [0.3, 0.4) is 0 Å². The van der Waals surface area contributed by atoms with Gasteiger partial charge in [-0.05, 0) is 37.6 Å². The summed E-state index contributed by atoms with van der Waals surface area (Å²) in [7, 11) is 0. The summed E-state index contributed by atoms with van der Waals surface area (Å²) in [5.41, 5.74) is 7.53. The molecular weight excluding hydrogens is 240 g/mol. The van der Waals surface area contributed by atoms with E-state index >= 15 is 0 Å². The molecule has 0 aliphatic carbocycles. The van der Waals surface area contributed by atoms with Crippen molar-refractivity contribution in [2.75, 3.05) is 5.73 Å². The number of rotatable bonds is 2.